The Morgan fingerprint density at radius 2 is 2.07 bits per heavy atom. The van der Waals surface area contributed by atoms with Crippen molar-refractivity contribution in [2.75, 3.05) is 42.7 Å². The van der Waals surface area contributed by atoms with E-state index in [2.05, 4.69) is 35.1 Å². The number of amides is 2. The minimum Gasteiger partial charge on any atom is -0.467 e. The molecular formula is C16H19N9O2S. The number of carbonyl (C=O) groups is 1. The zero-order chi connectivity index (χ0) is 19.7. The maximum Gasteiger partial charge on any atom is 0.322 e. The fraction of sp³-hybridized carbons (Fsp3) is 0.375. The number of ether oxygens (including phenoxy) is 1. The fourth-order valence-electron chi connectivity index (χ4n) is 3.11. The van der Waals surface area contributed by atoms with Crippen LogP contribution in [0.15, 0.2) is 17.9 Å². The van der Waals surface area contributed by atoms with Gasteiger partial charge in [-0.25, -0.2) is 24.7 Å². The first-order chi connectivity index (χ1) is 13.5. The van der Waals surface area contributed by atoms with Crippen LogP contribution in [-0.2, 0) is 0 Å². The van der Waals surface area contributed by atoms with Gasteiger partial charge < -0.3 is 25.6 Å². The van der Waals surface area contributed by atoms with E-state index in [1.807, 2.05) is 6.92 Å². The molecule has 4 rings (SSSR count). The minimum atomic E-state index is -0.207. The van der Waals surface area contributed by atoms with E-state index in [1.54, 1.807) is 10.4 Å². The number of methoxy groups -OCH3 is 1. The third kappa shape index (κ3) is 3.45. The number of urea groups is 1. The average Bonchev–Trinajstić information content (AvgIpc) is 3.16. The number of fused-ring (bicyclic) bond motifs is 1. The number of nitrogens with two attached hydrogens (primary N) is 1. The molecule has 1 saturated heterocycles. The molecular weight excluding hydrogens is 382 g/mol. The Bertz CT molecular complexity index is 993. The molecule has 146 valence electrons. The summed E-state index contributed by atoms with van der Waals surface area (Å²) in [4.78, 5) is 38.2. The molecule has 1 aliphatic rings. The number of carbonyl (C=O) groups excluding carboxylic acids is 1. The maximum absolute atomic E-state index is 12.6. The van der Waals surface area contributed by atoms with E-state index in [9.17, 15) is 4.79 Å². The fourth-order valence-corrected chi connectivity index (χ4v) is 3.77. The highest BCUT2D eigenvalue weighted by molar-refractivity contribution is 7.16. The van der Waals surface area contributed by atoms with E-state index < -0.39 is 0 Å². The number of hydrogen-bond acceptors (Lipinski definition) is 10. The Hall–Kier alpha value is -3.28. The van der Waals surface area contributed by atoms with Gasteiger partial charge in [-0.2, -0.15) is 4.98 Å². The lowest BCUT2D eigenvalue weighted by Gasteiger charge is -2.40. The summed E-state index contributed by atoms with van der Waals surface area (Å²) in [6, 6.07) is 0.0739. The van der Waals surface area contributed by atoms with Crippen molar-refractivity contribution in [3.8, 4) is 6.01 Å². The third-order valence-corrected chi connectivity index (χ3v) is 5.16. The second-order valence-corrected chi connectivity index (χ2v) is 7.12. The minimum absolute atomic E-state index is 0.0332. The Morgan fingerprint density at radius 1 is 1.29 bits per heavy atom. The number of rotatable bonds is 3. The zero-order valence-electron chi connectivity index (χ0n) is 15.4. The summed E-state index contributed by atoms with van der Waals surface area (Å²) in [5, 5.41) is 2.80. The smallest absolute Gasteiger partial charge is 0.322 e. The lowest BCUT2D eigenvalue weighted by atomic mass is 10.2. The third-order valence-electron chi connectivity index (χ3n) is 4.45. The summed E-state index contributed by atoms with van der Waals surface area (Å²) in [6.07, 6.45) is 3.01. The number of thiazole rings is 1. The lowest BCUT2D eigenvalue weighted by Crippen LogP contribution is -2.55. The highest BCUT2D eigenvalue weighted by atomic mass is 32.1. The Labute approximate surface area is 164 Å². The van der Waals surface area contributed by atoms with E-state index in [-0.39, 0.29) is 24.0 Å². The summed E-state index contributed by atoms with van der Waals surface area (Å²) in [5.41, 5.74) is 8.83. The normalized spacial score (nSPS) is 17.0. The van der Waals surface area contributed by atoms with Crippen LogP contribution in [0.5, 0.6) is 6.01 Å². The molecule has 1 aliphatic heterocycles. The highest BCUT2D eigenvalue weighted by Crippen LogP contribution is 2.28. The number of hydrogen-bond donors (Lipinski definition) is 2. The number of nitrogen functional groups attached to an aromatic ring is 1. The molecule has 12 heteroatoms. The van der Waals surface area contributed by atoms with Gasteiger partial charge in [-0.15, -0.1) is 11.3 Å². The van der Waals surface area contributed by atoms with Crippen molar-refractivity contribution in [2.45, 2.75) is 13.0 Å². The van der Waals surface area contributed by atoms with Crippen molar-refractivity contribution in [3.63, 3.8) is 0 Å². The molecule has 0 aromatic carbocycles. The molecule has 4 heterocycles. The second kappa shape index (κ2) is 7.38. The van der Waals surface area contributed by atoms with Gasteiger partial charge >= 0.3 is 12.0 Å². The number of nitrogens with one attached hydrogen (secondary N) is 1. The molecule has 1 unspecified atom stereocenters. The summed E-state index contributed by atoms with van der Waals surface area (Å²) in [6.45, 7) is 3.70. The summed E-state index contributed by atoms with van der Waals surface area (Å²) >= 11 is 1.43. The van der Waals surface area contributed by atoms with Crippen molar-refractivity contribution in [2.24, 2.45) is 0 Å². The van der Waals surface area contributed by atoms with Crippen LogP contribution in [0.3, 0.4) is 0 Å². The topological polar surface area (TPSA) is 135 Å². The number of piperazine rings is 1. The Balaban J connectivity index is 1.45. The molecule has 3 N–H and O–H groups in total. The molecule has 3 aromatic heterocycles. The Kier molecular flexibility index (Phi) is 4.77. The van der Waals surface area contributed by atoms with Crippen molar-refractivity contribution in [1.29, 1.82) is 0 Å². The van der Waals surface area contributed by atoms with Gasteiger partial charge in [0.1, 0.15) is 5.52 Å². The summed E-state index contributed by atoms with van der Waals surface area (Å²) in [7, 11) is 1.49. The van der Waals surface area contributed by atoms with Gasteiger partial charge in [0.05, 0.1) is 30.7 Å². The first-order valence-electron chi connectivity index (χ1n) is 8.60. The van der Waals surface area contributed by atoms with Crippen LogP contribution in [-0.4, -0.2) is 68.6 Å². The number of nitrogens with zero attached hydrogens (tertiary/aromatic N) is 7. The van der Waals surface area contributed by atoms with Gasteiger partial charge in [-0.3, -0.25) is 0 Å². The molecule has 3 aromatic rings. The molecule has 0 aliphatic carbocycles. The van der Waals surface area contributed by atoms with Gasteiger partial charge in [0.15, 0.2) is 10.6 Å². The van der Waals surface area contributed by atoms with Crippen LogP contribution in [0.4, 0.5) is 22.2 Å². The van der Waals surface area contributed by atoms with E-state index in [0.29, 0.717) is 31.1 Å². The molecule has 28 heavy (non-hydrogen) atoms. The molecule has 0 bridgehead atoms. The average molecular weight is 401 g/mol. The molecule has 0 saturated carbocycles. The zero-order valence-corrected chi connectivity index (χ0v) is 16.2. The van der Waals surface area contributed by atoms with Crippen LogP contribution >= 0.6 is 11.3 Å². The molecule has 0 spiro atoms. The van der Waals surface area contributed by atoms with Crippen LogP contribution in [0.2, 0.25) is 0 Å². The molecule has 11 nitrogen and oxygen atoms in total. The molecule has 0 radical (unpaired) electrons. The number of anilines is 3. The van der Waals surface area contributed by atoms with Crippen molar-refractivity contribution in [3.05, 3.63) is 17.9 Å². The van der Waals surface area contributed by atoms with Crippen molar-refractivity contribution in [1.82, 2.24) is 29.8 Å². The first kappa shape index (κ1) is 18.1. The van der Waals surface area contributed by atoms with Gasteiger partial charge in [0.25, 0.3) is 0 Å². The first-order valence-corrected chi connectivity index (χ1v) is 9.48. The van der Waals surface area contributed by atoms with E-state index in [0.717, 1.165) is 10.3 Å². The maximum atomic E-state index is 12.6. The SMILES string of the molecule is COc1ncc(NC(=O)N2CCN(c3nc(N)nc4scnc34)C(C)C2)cn1. The molecule has 2 amide bonds. The van der Waals surface area contributed by atoms with Crippen LogP contribution in [0.1, 0.15) is 6.92 Å². The summed E-state index contributed by atoms with van der Waals surface area (Å²) in [5.74, 6) is 0.929. The largest absolute Gasteiger partial charge is 0.467 e. The van der Waals surface area contributed by atoms with E-state index in [4.69, 9.17) is 10.5 Å². The van der Waals surface area contributed by atoms with Crippen molar-refractivity contribution >= 4 is 45.2 Å². The molecule has 1 atom stereocenters. The predicted octanol–water partition coefficient (Wildman–Crippen LogP) is 1.21. The monoisotopic (exact) mass is 401 g/mol. The van der Waals surface area contributed by atoms with Crippen LogP contribution in [0, 0.1) is 0 Å². The highest BCUT2D eigenvalue weighted by Gasteiger charge is 2.29. The lowest BCUT2D eigenvalue weighted by molar-refractivity contribution is 0.200. The van der Waals surface area contributed by atoms with E-state index >= 15 is 0 Å². The second-order valence-electron chi connectivity index (χ2n) is 6.29. The number of aromatic nitrogens is 5. The van der Waals surface area contributed by atoms with Gasteiger partial charge in [-0.05, 0) is 6.92 Å². The van der Waals surface area contributed by atoms with Crippen LogP contribution < -0.4 is 20.7 Å². The van der Waals surface area contributed by atoms with E-state index in [1.165, 1.54) is 30.8 Å². The van der Waals surface area contributed by atoms with Gasteiger partial charge in [0, 0.05) is 25.7 Å². The standard InChI is InChI=1S/C16H19N9O2S/c1-9-7-24(16(26)21-10-5-18-15(27-2)19-6-10)3-4-25(9)12-11-13(28-8-20-11)23-14(17)22-12/h5-6,8-9H,3-4,7H2,1-2H3,(H,21,26)(H2,17,22,23). The predicted molar refractivity (Wildman–Crippen MR) is 106 cm³/mol. The van der Waals surface area contributed by atoms with Gasteiger partial charge in [-0.1, -0.05) is 0 Å². The Morgan fingerprint density at radius 3 is 2.79 bits per heavy atom. The van der Waals surface area contributed by atoms with Crippen LogP contribution in [0.25, 0.3) is 10.3 Å². The summed E-state index contributed by atoms with van der Waals surface area (Å²) < 4.78 is 4.92. The quantitative estimate of drug-likeness (QED) is 0.663. The molecule has 1 fully saturated rings. The van der Waals surface area contributed by atoms with Gasteiger partial charge in [0.2, 0.25) is 5.95 Å². The van der Waals surface area contributed by atoms with Crippen molar-refractivity contribution < 1.29 is 9.53 Å².